The fourth-order valence-electron chi connectivity index (χ4n) is 7.90. The SMILES string of the molecule is CNC(=O)NCC1CCC2C3CCC4N(C)C(=O)CCC4(C)C3CCC12C. The van der Waals surface area contributed by atoms with Crippen molar-refractivity contribution in [2.24, 2.45) is 34.5 Å². The molecule has 3 amide bonds. The maximum Gasteiger partial charge on any atom is 0.314 e. The summed E-state index contributed by atoms with van der Waals surface area (Å²) in [5.74, 6) is 3.29. The van der Waals surface area contributed by atoms with Crippen LogP contribution in [-0.2, 0) is 4.79 Å². The van der Waals surface area contributed by atoms with E-state index >= 15 is 0 Å². The van der Waals surface area contributed by atoms with Crippen LogP contribution in [0.4, 0.5) is 4.79 Å². The molecule has 7 atom stereocenters. The van der Waals surface area contributed by atoms with Crippen LogP contribution in [0.1, 0.15) is 65.2 Å². The predicted molar refractivity (Wildman–Crippen MR) is 106 cm³/mol. The minimum atomic E-state index is -0.0568. The number of nitrogens with zero attached hydrogens (tertiary/aromatic N) is 1. The van der Waals surface area contributed by atoms with Crippen LogP contribution in [0.25, 0.3) is 0 Å². The van der Waals surface area contributed by atoms with Crippen molar-refractivity contribution >= 4 is 11.9 Å². The van der Waals surface area contributed by atoms with Crippen molar-refractivity contribution in [3.63, 3.8) is 0 Å². The first-order chi connectivity index (χ1) is 12.8. The highest BCUT2D eigenvalue weighted by molar-refractivity contribution is 5.77. The van der Waals surface area contributed by atoms with E-state index in [9.17, 15) is 9.59 Å². The number of hydrogen-bond acceptors (Lipinski definition) is 2. The first-order valence-corrected chi connectivity index (χ1v) is 11.0. The molecule has 1 aliphatic heterocycles. The van der Waals surface area contributed by atoms with E-state index < -0.39 is 0 Å². The third-order valence-corrected chi connectivity index (χ3v) is 9.49. The number of hydrogen-bond donors (Lipinski definition) is 2. The summed E-state index contributed by atoms with van der Waals surface area (Å²) in [5.41, 5.74) is 0.660. The molecule has 0 radical (unpaired) electrons. The van der Waals surface area contributed by atoms with Crippen LogP contribution in [0.15, 0.2) is 0 Å². The fourth-order valence-corrected chi connectivity index (χ4v) is 7.90. The van der Waals surface area contributed by atoms with Gasteiger partial charge < -0.3 is 15.5 Å². The lowest BCUT2D eigenvalue weighted by Gasteiger charge is -2.61. The second-order valence-electron chi connectivity index (χ2n) is 10.3. The zero-order valence-electron chi connectivity index (χ0n) is 17.5. The smallest absolute Gasteiger partial charge is 0.314 e. The lowest BCUT2D eigenvalue weighted by Crippen LogP contribution is -2.61. The number of fused-ring (bicyclic) bond motifs is 5. The summed E-state index contributed by atoms with van der Waals surface area (Å²) in [7, 11) is 3.72. The van der Waals surface area contributed by atoms with Gasteiger partial charge in [0.2, 0.25) is 5.91 Å². The summed E-state index contributed by atoms with van der Waals surface area (Å²) in [6.45, 7) is 5.79. The molecule has 0 aromatic rings. The van der Waals surface area contributed by atoms with Gasteiger partial charge in [-0.15, -0.1) is 0 Å². The first-order valence-electron chi connectivity index (χ1n) is 11.0. The second-order valence-corrected chi connectivity index (χ2v) is 10.3. The minimum absolute atomic E-state index is 0.0568. The molecule has 4 fully saturated rings. The molecule has 1 saturated heterocycles. The van der Waals surface area contributed by atoms with E-state index in [-0.39, 0.29) is 6.03 Å². The highest BCUT2D eigenvalue weighted by atomic mass is 16.2. The Kier molecular flexibility index (Phi) is 4.71. The number of piperidine rings is 1. The molecule has 3 aliphatic carbocycles. The van der Waals surface area contributed by atoms with Crippen LogP contribution < -0.4 is 10.6 Å². The van der Waals surface area contributed by atoms with Crippen LogP contribution >= 0.6 is 0 Å². The molecule has 2 N–H and O–H groups in total. The van der Waals surface area contributed by atoms with E-state index in [1.165, 1.54) is 38.5 Å². The third-order valence-electron chi connectivity index (χ3n) is 9.49. The molecule has 4 aliphatic rings. The number of nitrogens with one attached hydrogen (secondary N) is 2. The van der Waals surface area contributed by atoms with Gasteiger partial charge >= 0.3 is 6.03 Å². The van der Waals surface area contributed by atoms with Gasteiger partial charge in [0.25, 0.3) is 0 Å². The molecule has 3 saturated carbocycles. The van der Waals surface area contributed by atoms with Crippen molar-refractivity contribution < 1.29 is 9.59 Å². The molecule has 0 spiro atoms. The van der Waals surface area contributed by atoms with Crippen molar-refractivity contribution in [2.45, 2.75) is 71.3 Å². The maximum atomic E-state index is 12.3. The lowest BCUT2D eigenvalue weighted by molar-refractivity contribution is -0.158. The maximum absolute atomic E-state index is 12.3. The number of carbonyl (C=O) groups is 2. The van der Waals surface area contributed by atoms with Gasteiger partial charge in [-0.1, -0.05) is 13.8 Å². The molecule has 0 aromatic carbocycles. The number of carbonyl (C=O) groups excluding carboxylic acids is 2. The summed E-state index contributed by atoms with van der Waals surface area (Å²) in [5, 5.41) is 5.75. The summed E-state index contributed by atoms with van der Waals surface area (Å²) >= 11 is 0. The zero-order chi connectivity index (χ0) is 19.4. The summed E-state index contributed by atoms with van der Waals surface area (Å²) < 4.78 is 0. The molecular formula is C22H37N3O2. The van der Waals surface area contributed by atoms with Gasteiger partial charge in [0, 0.05) is 33.1 Å². The third kappa shape index (κ3) is 2.79. The summed E-state index contributed by atoms with van der Waals surface area (Å²) in [4.78, 5) is 26.0. The van der Waals surface area contributed by atoms with Crippen LogP contribution in [0.5, 0.6) is 0 Å². The van der Waals surface area contributed by atoms with E-state index in [0.717, 1.165) is 37.1 Å². The largest absolute Gasteiger partial charge is 0.342 e. The lowest BCUT2D eigenvalue weighted by atomic mass is 9.47. The fraction of sp³-hybridized carbons (Fsp3) is 0.909. The zero-order valence-corrected chi connectivity index (χ0v) is 17.5. The van der Waals surface area contributed by atoms with Crippen molar-refractivity contribution in [3.8, 4) is 0 Å². The molecule has 152 valence electrons. The highest BCUT2D eigenvalue weighted by Gasteiger charge is 2.60. The Morgan fingerprint density at radius 2 is 1.81 bits per heavy atom. The van der Waals surface area contributed by atoms with Crippen LogP contribution in [0.3, 0.4) is 0 Å². The first kappa shape index (κ1) is 19.1. The quantitative estimate of drug-likeness (QED) is 0.777. The molecule has 0 aromatic heterocycles. The molecule has 0 bridgehead atoms. The van der Waals surface area contributed by atoms with Gasteiger partial charge in [-0.2, -0.15) is 0 Å². The average Bonchev–Trinajstić information content (AvgIpc) is 2.99. The van der Waals surface area contributed by atoms with Crippen molar-refractivity contribution in [1.29, 1.82) is 0 Å². The molecule has 27 heavy (non-hydrogen) atoms. The van der Waals surface area contributed by atoms with Crippen molar-refractivity contribution in [3.05, 3.63) is 0 Å². The topological polar surface area (TPSA) is 61.4 Å². The molecule has 1 heterocycles. The Bertz CT molecular complexity index is 623. The Morgan fingerprint density at radius 1 is 1.07 bits per heavy atom. The Hall–Kier alpha value is -1.26. The van der Waals surface area contributed by atoms with Gasteiger partial charge in [0.15, 0.2) is 0 Å². The van der Waals surface area contributed by atoms with Crippen LogP contribution in [-0.4, -0.2) is 43.5 Å². The highest BCUT2D eigenvalue weighted by Crippen LogP contribution is 2.65. The van der Waals surface area contributed by atoms with Gasteiger partial charge in [0.1, 0.15) is 0 Å². The molecule has 5 nitrogen and oxygen atoms in total. The summed E-state index contributed by atoms with van der Waals surface area (Å²) in [6.07, 6.45) is 9.38. The Balaban J connectivity index is 1.52. The van der Waals surface area contributed by atoms with Crippen molar-refractivity contribution in [1.82, 2.24) is 15.5 Å². The van der Waals surface area contributed by atoms with E-state index in [4.69, 9.17) is 0 Å². The molecule has 7 unspecified atom stereocenters. The van der Waals surface area contributed by atoms with Crippen LogP contribution in [0, 0.1) is 34.5 Å². The average molecular weight is 376 g/mol. The van der Waals surface area contributed by atoms with E-state index in [0.29, 0.717) is 28.7 Å². The minimum Gasteiger partial charge on any atom is -0.342 e. The second kappa shape index (κ2) is 6.66. The summed E-state index contributed by atoms with van der Waals surface area (Å²) in [6, 6.07) is 0.384. The van der Waals surface area contributed by atoms with Gasteiger partial charge in [0.05, 0.1) is 0 Å². The van der Waals surface area contributed by atoms with E-state index in [1.54, 1.807) is 7.05 Å². The number of likely N-dealkylation sites (tertiary alicyclic amines) is 1. The van der Waals surface area contributed by atoms with Crippen LogP contribution in [0.2, 0.25) is 0 Å². The molecule has 4 rings (SSSR count). The number of amides is 3. The van der Waals surface area contributed by atoms with Gasteiger partial charge in [-0.3, -0.25) is 4.79 Å². The van der Waals surface area contributed by atoms with E-state index in [2.05, 4.69) is 29.4 Å². The molecular weight excluding hydrogens is 338 g/mol. The number of urea groups is 1. The standard InChI is InChI=1S/C22H37N3O2/c1-21-11-9-17-15(16(21)7-5-14(21)13-24-20(27)23-3)6-8-18-22(17,2)12-10-19(26)25(18)4/h14-18H,5-13H2,1-4H3,(H2,23,24,27). The van der Waals surface area contributed by atoms with Crippen molar-refractivity contribution in [2.75, 3.05) is 20.6 Å². The van der Waals surface area contributed by atoms with Gasteiger partial charge in [-0.25, -0.2) is 4.79 Å². The Labute approximate surface area is 164 Å². The Morgan fingerprint density at radius 3 is 2.56 bits per heavy atom. The normalized spacial score (nSPS) is 46.3. The predicted octanol–water partition coefficient (Wildman–Crippen LogP) is 3.40. The van der Waals surface area contributed by atoms with E-state index in [1.807, 2.05) is 7.05 Å². The van der Waals surface area contributed by atoms with Gasteiger partial charge in [-0.05, 0) is 79.4 Å². The molecule has 5 heteroatoms. The number of rotatable bonds is 2. The monoisotopic (exact) mass is 375 g/mol.